The van der Waals surface area contributed by atoms with Crippen molar-refractivity contribution in [2.24, 2.45) is 33.7 Å². The molecule has 3 aliphatic rings. The van der Waals surface area contributed by atoms with Gasteiger partial charge in [-0.3, -0.25) is 0 Å². The van der Waals surface area contributed by atoms with Crippen molar-refractivity contribution in [1.82, 2.24) is 0 Å². The Morgan fingerprint density at radius 3 is 2.63 bits per heavy atom. The second-order valence-corrected chi connectivity index (χ2v) is 10.2. The van der Waals surface area contributed by atoms with Crippen molar-refractivity contribution in [2.45, 2.75) is 73.3 Å². The first kappa shape index (κ1) is 18.8. The van der Waals surface area contributed by atoms with Gasteiger partial charge in [-0.05, 0) is 79.8 Å². The molecule has 0 amide bonds. The lowest BCUT2D eigenvalue weighted by atomic mass is 9.68. The van der Waals surface area contributed by atoms with E-state index in [0.717, 1.165) is 23.5 Å². The second kappa shape index (κ2) is 6.79. The van der Waals surface area contributed by atoms with Crippen LogP contribution in [0.3, 0.4) is 0 Å². The molecule has 146 valence electrons. The predicted molar refractivity (Wildman–Crippen MR) is 113 cm³/mol. The second-order valence-electron chi connectivity index (χ2n) is 10.2. The fourth-order valence-electron chi connectivity index (χ4n) is 6.61. The zero-order chi connectivity index (χ0) is 19.2. The lowest BCUT2D eigenvalue weighted by Crippen LogP contribution is -2.28. The van der Waals surface area contributed by atoms with Gasteiger partial charge in [0.15, 0.2) is 0 Å². The van der Waals surface area contributed by atoms with E-state index in [1.165, 1.54) is 43.2 Å². The van der Waals surface area contributed by atoms with Crippen molar-refractivity contribution < 1.29 is 4.84 Å². The number of rotatable bonds is 4. The highest BCUT2D eigenvalue weighted by Gasteiger charge is 2.62. The van der Waals surface area contributed by atoms with Crippen LogP contribution in [0.5, 0.6) is 0 Å². The van der Waals surface area contributed by atoms with Gasteiger partial charge in [0.05, 0.1) is 5.71 Å². The first-order chi connectivity index (χ1) is 12.8. The summed E-state index contributed by atoms with van der Waals surface area (Å²) in [6.07, 6.45) is 9.27. The van der Waals surface area contributed by atoms with Gasteiger partial charge in [-0.1, -0.05) is 67.7 Å². The zero-order valence-corrected chi connectivity index (χ0v) is 17.7. The molecule has 3 saturated carbocycles. The summed E-state index contributed by atoms with van der Waals surface area (Å²) in [7, 11) is 0. The number of nitrogens with zero attached hydrogens (tertiary/aromatic N) is 1. The Morgan fingerprint density at radius 2 is 1.89 bits per heavy atom. The van der Waals surface area contributed by atoms with Crippen LogP contribution in [0.1, 0.15) is 70.9 Å². The molecule has 1 aromatic carbocycles. The minimum atomic E-state index is 0.384. The van der Waals surface area contributed by atoms with Gasteiger partial charge in [-0.15, -0.1) is 0 Å². The Kier molecular flexibility index (Phi) is 4.72. The zero-order valence-electron chi connectivity index (χ0n) is 17.7. The third kappa shape index (κ3) is 3.26. The number of aryl methyl sites for hydroxylation is 1. The number of oxime groups is 1. The first-order valence-corrected chi connectivity index (χ1v) is 10.8. The molecule has 3 fully saturated rings. The molecule has 0 aliphatic heterocycles. The minimum absolute atomic E-state index is 0.384. The highest BCUT2D eigenvalue weighted by Crippen LogP contribution is 2.70. The summed E-state index contributed by atoms with van der Waals surface area (Å²) in [5, 5.41) is 4.43. The molecule has 0 radical (unpaired) electrons. The molecule has 27 heavy (non-hydrogen) atoms. The van der Waals surface area contributed by atoms with Gasteiger partial charge < -0.3 is 4.84 Å². The smallest absolute Gasteiger partial charge is 0.142 e. The number of hydrogen-bond donors (Lipinski definition) is 0. The predicted octanol–water partition coefficient (Wildman–Crippen LogP) is 6.69. The highest BCUT2D eigenvalue weighted by molar-refractivity contribution is 5.93. The summed E-state index contributed by atoms with van der Waals surface area (Å²) in [6.45, 7) is 12.3. The van der Waals surface area contributed by atoms with Crippen molar-refractivity contribution in [3.05, 3.63) is 47.0 Å². The van der Waals surface area contributed by atoms with Gasteiger partial charge in [0.2, 0.25) is 0 Å². The van der Waals surface area contributed by atoms with E-state index in [1.807, 2.05) is 0 Å². The standard InChI is InChI=1S/C25H35NO/c1-17-7-9-19(10-8-17)16-27-26-18(2)15-22-20-11-12-21-23(20)24(3,4)13-6-14-25(21,22)5/h7-10,15,20-21,23H,6,11-14,16H2,1-5H3/b22-15-,26-18+/t20-,21-,23-,25+/m1/s1. The third-order valence-electron chi connectivity index (χ3n) is 7.88. The average molecular weight is 366 g/mol. The van der Waals surface area contributed by atoms with Gasteiger partial charge in [0.1, 0.15) is 6.61 Å². The Balaban J connectivity index is 1.52. The maximum absolute atomic E-state index is 5.67. The molecule has 0 unspecified atom stereocenters. The molecular weight excluding hydrogens is 330 g/mol. The van der Waals surface area contributed by atoms with Crippen LogP contribution in [0, 0.1) is 35.5 Å². The Bertz CT molecular complexity index is 757. The molecular formula is C25H35NO. The molecule has 0 spiro atoms. The van der Waals surface area contributed by atoms with Crippen molar-refractivity contribution in [1.29, 1.82) is 0 Å². The van der Waals surface area contributed by atoms with Crippen molar-refractivity contribution in [3.63, 3.8) is 0 Å². The molecule has 4 bridgehead atoms. The lowest BCUT2D eigenvalue weighted by Gasteiger charge is -2.36. The van der Waals surface area contributed by atoms with Crippen LogP contribution in [0.2, 0.25) is 0 Å². The van der Waals surface area contributed by atoms with Gasteiger partial charge in [-0.2, -0.15) is 0 Å². The average Bonchev–Trinajstić information content (AvgIpc) is 3.11. The fourth-order valence-corrected chi connectivity index (χ4v) is 6.61. The molecule has 0 saturated heterocycles. The molecule has 4 rings (SSSR count). The van der Waals surface area contributed by atoms with Crippen LogP contribution in [-0.2, 0) is 11.4 Å². The monoisotopic (exact) mass is 365 g/mol. The van der Waals surface area contributed by atoms with E-state index in [9.17, 15) is 0 Å². The van der Waals surface area contributed by atoms with E-state index < -0.39 is 0 Å². The van der Waals surface area contributed by atoms with Gasteiger partial charge in [0.25, 0.3) is 0 Å². The third-order valence-corrected chi connectivity index (χ3v) is 7.88. The SMILES string of the molecule is CC(/C=C1/[C@H]2CC[C@@H]3[C@@H]2C(C)(C)CCC[C@]13C)=N\OCc1ccc(C)cc1. The Hall–Kier alpha value is -1.57. The van der Waals surface area contributed by atoms with Crippen LogP contribution >= 0.6 is 0 Å². The molecule has 2 nitrogen and oxygen atoms in total. The van der Waals surface area contributed by atoms with Gasteiger partial charge in [-0.25, -0.2) is 0 Å². The maximum atomic E-state index is 5.67. The maximum Gasteiger partial charge on any atom is 0.142 e. The Morgan fingerprint density at radius 1 is 1.15 bits per heavy atom. The minimum Gasteiger partial charge on any atom is -0.391 e. The number of hydrogen-bond acceptors (Lipinski definition) is 2. The summed E-state index contributed by atoms with van der Waals surface area (Å²) in [5.41, 5.74) is 6.01. The van der Waals surface area contributed by atoms with Crippen LogP contribution < -0.4 is 0 Å². The molecule has 3 aliphatic carbocycles. The molecule has 0 aromatic heterocycles. The van der Waals surface area contributed by atoms with E-state index >= 15 is 0 Å². The van der Waals surface area contributed by atoms with Crippen LogP contribution in [-0.4, -0.2) is 5.71 Å². The molecule has 4 atom stereocenters. The lowest BCUT2D eigenvalue weighted by molar-refractivity contribution is 0.130. The fraction of sp³-hybridized carbons (Fsp3) is 0.640. The Labute approximate surface area is 165 Å². The van der Waals surface area contributed by atoms with E-state index in [2.05, 4.69) is 70.1 Å². The van der Waals surface area contributed by atoms with Crippen molar-refractivity contribution in [2.75, 3.05) is 0 Å². The molecule has 0 heterocycles. The van der Waals surface area contributed by atoms with E-state index in [4.69, 9.17) is 4.84 Å². The highest BCUT2D eigenvalue weighted by atomic mass is 16.6. The molecule has 0 N–H and O–H groups in total. The largest absolute Gasteiger partial charge is 0.391 e. The van der Waals surface area contributed by atoms with Gasteiger partial charge >= 0.3 is 0 Å². The van der Waals surface area contributed by atoms with E-state index in [0.29, 0.717) is 17.4 Å². The number of benzene rings is 1. The summed E-state index contributed by atoms with van der Waals surface area (Å²) in [6, 6.07) is 8.48. The number of allylic oxidation sites excluding steroid dienone is 2. The molecule has 2 heteroatoms. The van der Waals surface area contributed by atoms with E-state index in [1.54, 1.807) is 5.57 Å². The quantitative estimate of drug-likeness (QED) is 0.430. The van der Waals surface area contributed by atoms with Crippen LogP contribution in [0.4, 0.5) is 0 Å². The first-order valence-electron chi connectivity index (χ1n) is 10.8. The van der Waals surface area contributed by atoms with Crippen molar-refractivity contribution in [3.8, 4) is 0 Å². The summed E-state index contributed by atoms with van der Waals surface area (Å²) >= 11 is 0. The van der Waals surface area contributed by atoms with Crippen LogP contribution in [0.25, 0.3) is 0 Å². The summed E-state index contributed by atoms with van der Waals surface area (Å²) in [5.74, 6) is 2.49. The van der Waals surface area contributed by atoms with Gasteiger partial charge in [0, 0.05) is 0 Å². The normalized spacial score (nSPS) is 36.1. The summed E-state index contributed by atoms with van der Waals surface area (Å²) in [4.78, 5) is 5.67. The van der Waals surface area contributed by atoms with E-state index in [-0.39, 0.29) is 0 Å². The van der Waals surface area contributed by atoms with Crippen molar-refractivity contribution >= 4 is 5.71 Å². The molecule has 1 aromatic rings. The summed E-state index contributed by atoms with van der Waals surface area (Å²) < 4.78 is 0. The van der Waals surface area contributed by atoms with Crippen LogP contribution in [0.15, 0.2) is 41.1 Å². The topological polar surface area (TPSA) is 21.6 Å².